The molecular weight excluding hydrogens is 336 g/mol. The first-order valence-electron chi connectivity index (χ1n) is 9.52. The van der Waals surface area contributed by atoms with Gasteiger partial charge in [-0.25, -0.2) is 0 Å². The number of amides is 2. The minimum Gasteiger partial charge on any atom is -0.349 e. The van der Waals surface area contributed by atoms with E-state index in [9.17, 15) is 19.6 Å². The molecule has 8 heteroatoms. The molecule has 3 rings (SSSR count). The largest absolute Gasteiger partial charge is 0.349 e. The van der Waals surface area contributed by atoms with Gasteiger partial charge in [-0.05, 0) is 33.2 Å². The lowest BCUT2D eigenvalue weighted by Gasteiger charge is -2.42. The number of aliphatic hydroxyl groups is 1. The Bertz CT molecular complexity index is 633. The number of carbonyl (C=O) groups excluding carboxylic acids is 2. The third kappa shape index (κ3) is 3.81. The molecule has 2 amide bonds. The smallest absolute Gasteiger partial charge is 0.303 e. The molecule has 3 aliphatic rings. The number of hydrogen-bond acceptors (Lipinski definition) is 5. The van der Waals surface area contributed by atoms with Crippen LogP contribution in [0.3, 0.4) is 0 Å². The van der Waals surface area contributed by atoms with Gasteiger partial charge in [0, 0.05) is 46.1 Å². The molecule has 5 atom stereocenters. The van der Waals surface area contributed by atoms with Crippen molar-refractivity contribution >= 4 is 11.8 Å². The Morgan fingerprint density at radius 1 is 1.35 bits per heavy atom. The summed E-state index contributed by atoms with van der Waals surface area (Å²) in [7, 11) is 0. The van der Waals surface area contributed by atoms with Crippen LogP contribution < -0.4 is 16.0 Å². The van der Waals surface area contributed by atoms with Crippen molar-refractivity contribution < 1.29 is 19.5 Å². The van der Waals surface area contributed by atoms with E-state index in [0.717, 1.165) is 25.0 Å². The van der Waals surface area contributed by atoms with Crippen LogP contribution in [0.1, 0.15) is 46.0 Å². The normalized spacial score (nSPS) is 35.0. The molecule has 2 fully saturated rings. The van der Waals surface area contributed by atoms with Crippen molar-refractivity contribution in [3.8, 4) is 0 Å². The summed E-state index contributed by atoms with van der Waals surface area (Å²) in [6, 6.07) is -0.0293. The third-order valence-electron chi connectivity index (χ3n) is 5.99. The Kier molecular flexibility index (Phi) is 5.72. The SMILES string of the molecule is CC1=C(CC(=O)NCC2CCCC(O)[N+]2=O)C(=O)NC2CCNC(C)C12. The van der Waals surface area contributed by atoms with Crippen LogP contribution in [0.15, 0.2) is 11.1 Å². The van der Waals surface area contributed by atoms with Gasteiger partial charge in [0.25, 0.3) is 0 Å². The zero-order chi connectivity index (χ0) is 18.8. The van der Waals surface area contributed by atoms with Crippen molar-refractivity contribution in [3.63, 3.8) is 0 Å². The van der Waals surface area contributed by atoms with E-state index in [2.05, 4.69) is 22.9 Å². The van der Waals surface area contributed by atoms with Gasteiger partial charge in [-0.3, -0.25) is 9.59 Å². The molecule has 8 nitrogen and oxygen atoms in total. The van der Waals surface area contributed by atoms with E-state index in [-0.39, 0.29) is 42.8 Å². The number of piperidine rings is 2. The van der Waals surface area contributed by atoms with Gasteiger partial charge in [-0.2, -0.15) is 0 Å². The van der Waals surface area contributed by atoms with Crippen molar-refractivity contribution in [1.29, 1.82) is 0 Å². The molecule has 0 aliphatic carbocycles. The predicted molar refractivity (Wildman–Crippen MR) is 95.1 cm³/mol. The lowest BCUT2D eigenvalue weighted by molar-refractivity contribution is -0.665. The number of hydrogen-bond donors (Lipinski definition) is 4. The van der Waals surface area contributed by atoms with E-state index < -0.39 is 12.3 Å². The molecule has 26 heavy (non-hydrogen) atoms. The number of aliphatic hydroxyl groups excluding tert-OH is 1. The second kappa shape index (κ2) is 7.84. The van der Waals surface area contributed by atoms with Crippen LogP contribution >= 0.6 is 0 Å². The molecule has 0 bridgehead atoms. The summed E-state index contributed by atoms with van der Waals surface area (Å²) in [5, 5.41) is 18.8. The fourth-order valence-corrected chi connectivity index (χ4v) is 4.50. The summed E-state index contributed by atoms with van der Waals surface area (Å²) in [4.78, 5) is 36.7. The standard InChI is InChI=1S/C18H28N4O4/c1-10-13(18(25)21-14-6-7-19-11(2)17(10)14)8-15(23)20-9-12-4-3-5-16(24)22(12)26/h11-12,14,16-17,19,24H,3-9H2,1-2H3,(H-,20,21,23,25)/p+1. The molecule has 0 aromatic rings. The second-order valence-corrected chi connectivity index (χ2v) is 7.70. The molecule has 0 spiro atoms. The number of carbonyl (C=O) groups is 2. The van der Waals surface area contributed by atoms with Crippen LogP contribution in [0.4, 0.5) is 0 Å². The summed E-state index contributed by atoms with van der Waals surface area (Å²) in [5.41, 5.74) is 1.51. The minimum atomic E-state index is -0.989. The fraction of sp³-hybridized carbons (Fsp3) is 0.778. The van der Waals surface area contributed by atoms with Gasteiger partial charge >= 0.3 is 6.23 Å². The van der Waals surface area contributed by atoms with Crippen molar-refractivity contribution in [2.24, 2.45) is 5.92 Å². The molecule has 2 saturated heterocycles. The summed E-state index contributed by atoms with van der Waals surface area (Å²) < 4.78 is 0.668. The summed E-state index contributed by atoms with van der Waals surface area (Å²) >= 11 is 0. The average molecular weight is 365 g/mol. The highest BCUT2D eigenvalue weighted by Crippen LogP contribution is 2.32. The number of nitroso groups, excluding NO2 is 1. The summed E-state index contributed by atoms with van der Waals surface area (Å²) in [6.45, 7) is 5.12. The highest BCUT2D eigenvalue weighted by Gasteiger charge is 2.40. The van der Waals surface area contributed by atoms with E-state index in [4.69, 9.17) is 0 Å². The van der Waals surface area contributed by atoms with Crippen LogP contribution in [0.2, 0.25) is 0 Å². The number of nitrogens with one attached hydrogen (secondary N) is 3. The predicted octanol–water partition coefficient (Wildman–Crippen LogP) is -0.0446. The maximum atomic E-state index is 12.4. The highest BCUT2D eigenvalue weighted by molar-refractivity contribution is 6.00. The molecular formula is C18H29N4O4+. The molecule has 0 saturated carbocycles. The number of nitrogens with zero attached hydrogens (tertiary/aromatic N) is 1. The van der Waals surface area contributed by atoms with E-state index in [1.165, 1.54) is 0 Å². The van der Waals surface area contributed by atoms with Gasteiger partial charge in [0.05, 0.1) is 13.0 Å². The van der Waals surface area contributed by atoms with Crippen LogP contribution in [0.25, 0.3) is 0 Å². The summed E-state index contributed by atoms with van der Waals surface area (Å²) in [6.07, 6.45) is 1.80. The molecule has 0 aromatic carbocycles. The van der Waals surface area contributed by atoms with Gasteiger partial charge in [0.1, 0.15) is 0 Å². The maximum absolute atomic E-state index is 12.4. The van der Waals surface area contributed by atoms with Crippen LogP contribution in [-0.2, 0) is 9.59 Å². The van der Waals surface area contributed by atoms with Gasteiger partial charge in [0.15, 0.2) is 0 Å². The van der Waals surface area contributed by atoms with Crippen LogP contribution in [-0.4, -0.2) is 59.1 Å². The zero-order valence-electron chi connectivity index (χ0n) is 15.5. The Labute approximate surface area is 153 Å². The van der Waals surface area contributed by atoms with Gasteiger partial charge in [-0.1, -0.05) is 5.57 Å². The summed E-state index contributed by atoms with van der Waals surface area (Å²) in [5.74, 6) is -0.223. The van der Waals surface area contributed by atoms with E-state index in [1.807, 2.05) is 6.92 Å². The van der Waals surface area contributed by atoms with Crippen LogP contribution in [0.5, 0.6) is 0 Å². The highest BCUT2D eigenvalue weighted by atomic mass is 16.4. The van der Waals surface area contributed by atoms with Gasteiger partial charge in [-0.15, -0.1) is 0 Å². The van der Waals surface area contributed by atoms with Gasteiger partial charge < -0.3 is 21.1 Å². The maximum Gasteiger partial charge on any atom is 0.303 e. The lowest BCUT2D eigenvalue weighted by Crippen LogP contribution is -2.57. The van der Waals surface area contributed by atoms with Gasteiger partial charge in [0.2, 0.25) is 17.9 Å². The number of fused-ring (bicyclic) bond motifs is 1. The van der Waals surface area contributed by atoms with Crippen molar-refractivity contribution in [3.05, 3.63) is 16.1 Å². The first-order valence-corrected chi connectivity index (χ1v) is 9.52. The van der Waals surface area contributed by atoms with E-state index in [1.54, 1.807) is 0 Å². The van der Waals surface area contributed by atoms with Crippen molar-refractivity contribution in [2.75, 3.05) is 13.1 Å². The molecule has 4 N–H and O–H groups in total. The molecule has 5 unspecified atom stereocenters. The molecule has 144 valence electrons. The Morgan fingerprint density at radius 3 is 2.88 bits per heavy atom. The van der Waals surface area contributed by atoms with Crippen molar-refractivity contribution in [1.82, 2.24) is 16.0 Å². The van der Waals surface area contributed by atoms with Crippen LogP contribution in [0, 0.1) is 10.8 Å². The first kappa shape index (κ1) is 19.0. The number of rotatable bonds is 4. The topological polar surface area (TPSA) is 111 Å². The zero-order valence-corrected chi connectivity index (χ0v) is 15.5. The first-order chi connectivity index (χ1) is 12.4. The Hall–Kier alpha value is -1.80. The monoisotopic (exact) mass is 365 g/mol. The van der Waals surface area contributed by atoms with Crippen molar-refractivity contribution in [2.45, 2.75) is 70.3 Å². The fourth-order valence-electron chi connectivity index (χ4n) is 4.50. The van der Waals surface area contributed by atoms with E-state index in [0.29, 0.717) is 23.2 Å². The Balaban J connectivity index is 1.61. The lowest BCUT2D eigenvalue weighted by atomic mass is 9.76. The average Bonchev–Trinajstić information content (AvgIpc) is 2.59. The molecule has 3 heterocycles. The second-order valence-electron chi connectivity index (χ2n) is 7.70. The quantitative estimate of drug-likeness (QED) is 0.523. The third-order valence-corrected chi connectivity index (χ3v) is 5.99. The molecule has 3 aliphatic heterocycles. The van der Waals surface area contributed by atoms with E-state index >= 15 is 0 Å². The Morgan fingerprint density at radius 2 is 2.12 bits per heavy atom. The minimum absolute atomic E-state index is 0.0156. The molecule has 0 radical (unpaired) electrons. The molecule has 0 aromatic heterocycles.